The molecular formula is C16H25NO7S. The minimum atomic E-state index is -4.02. The number of hydrogen-bond donors (Lipinski definition) is 2. The van der Waals surface area contributed by atoms with Gasteiger partial charge in [-0.25, -0.2) is 0 Å². The molecule has 3 N–H and O–H groups in total. The molecule has 25 heavy (non-hydrogen) atoms. The van der Waals surface area contributed by atoms with E-state index in [2.05, 4.69) is 9.47 Å². The van der Waals surface area contributed by atoms with Gasteiger partial charge in [0.2, 0.25) is 0 Å². The largest absolute Gasteiger partial charge is 0.466 e. The average molecular weight is 375 g/mol. The van der Waals surface area contributed by atoms with Crippen LogP contribution in [0.1, 0.15) is 32.3 Å². The first kappa shape index (κ1) is 23.0. The lowest BCUT2D eigenvalue weighted by Gasteiger charge is -2.09. The van der Waals surface area contributed by atoms with Gasteiger partial charge < -0.3 is 15.2 Å². The lowest BCUT2D eigenvalue weighted by atomic mass is 10.2. The minimum Gasteiger partial charge on any atom is -0.466 e. The molecule has 1 atom stereocenters. The van der Waals surface area contributed by atoms with Crippen LogP contribution < -0.4 is 5.73 Å². The highest BCUT2D eigenvalue weighted by Crippen LogP contribution is 2.08. The summed E-state index contributed by atoms with van der Waals surface area (Å²) in [5.74, 6) is -0.816. The summed E-state index contributed by atoms with van der Waals surface area (Å²) in [5, 5.41) is 0. The average Bonchev–Trinajstić information content (AvgIpc) is 2.53. The molecule has 0 saturated carbocycles. The number of rotatable bonds is 7. The van der Waals surface area contributed by atoms with E-state index in [0.29, 0.717) is 13.2 Å². The van der Waals surface area contributed by atoms with Crippen LogP contribution in [-0.4, -0.2) is 44.2 Å². The Balaban J connectivity index is 0.000000472. The number of ether oxygens (including phenoxy) is 2. The molecule has 0 aromatic heterocycles. The fourth-order valence-corrected chi connectivity index (χ4v) is 2.06. The van der Waals surface area contributed by atoms with Crippen LogP contribution in [0.4, 0.5) is 0 Å². The van der Waals surface area contributed by atoms with Crippen molar-refractivity contribution in [2.24, 2.45) is 5.73 Å². The predicted molar refractivity (Wildman–Crippen MR) is 91.5 cm³/mol. The smallest absolute Gasteiger partial charge is 0.322 e. The second kappa shape index (κ2) is 11.6. The van der Waals surface area contributed by atoms with Crippen molar-refractivity contribution in [1.82, 2.24) is 0 Å². The summed E-state index contributed by atoms with van der Waals surface area (Å²) in [6.07, 6.45) is 0.408. The third-order valence-electron chi connectivity index (χ3n) is 2.87. The molecule has 0 aliphatic rings. The molecular weight excluding hydrogens is 350 g/mol. The SMILES string of the molecule is CCOC(=O)CC[C@H](N)C(=O)OCC.Cc1ccc(S(=O)(=O)O)cc1. The molecule has 0 spiro atoms. The van der Waals surface area contributed by atoms with E-state index in [1.54, 1.807) is 26.0 Å². The van der Waals surface area contributed by atoms with Crippen molar-refractivity contribution in [3.05, 3.63) is 29.8 Å². The van der Waals surface area contributed by atoms with E-state index in [-0.39, 0.29) is 23.7 Å². The molecule has 0 radical (unpaired) electrons. The summed E-state index contributed by atoms with van der Waals surface area (Å²) >= 11 is 0. The van der Waals surface area contributed by atoms with Crippen molar-refractivity contribution in [1.29, 1.82) is 0 Å². The molecule has 0 unspecified atom stereocenters. The molecule has 8 nitrogen and oxygen atoms in total. The zero-order valence-electron chi connectivity index (χ0n) is 14.6. The summed E-state index contributed by atoms with van der Waals surface area (Å²) in [6.45, 7) is 5.91. The van der Waals surface area contributed by atoms with Crippen LogP contribution in [0.3, 0.4) is 0 Å². The number of carbonyl (C=O) groups excluding carboxylic acids is 2. The normalized spacial score (nSPS) is 11.7. The van der Waals surface area contributed by atoms with Gasteiger partial charge in [0.05, 0.1) is 18.1 Å². The van der Waals surface area contributed by atoms with Crippen LogP contribution in [0.5, 0.6) is 0 Å². The highest BCUT2D eigenvalue weighted by molar-refractivity contribution is 7.85. The van der Waals surface area contributed by atoms with E-state index >= 15 is 0 Å². The molecule has 0 amide bonds. The Hall–Kier alpha value is -1.97. The van der Waals surface area contributed by atoms with Crippen molar-refractivity contribution < 1.29 is 32.0 Å². The molecule has 0 aliphatic carbocycles. The standard InChI is InChI=1S/C9H17NO4.C7H8O3S/c1-3-13-8(11)6-5-7(10)9(12)14-4-2;1-6-2-4-7(5-3-6)11(8,9)10/h7H,3-6,10H2,1-2H3;2-5H,1H3,(H,8,9,10)/t7-;/m0./s1. The zero-order valence-corrected chi connectivity index (χ0v) is 15.4. The van der Waals surface area contributed by atoms with Crippen LogP contribution in [0, 0.1) is 6.92 Å². The van der Waals surface area contributed by atoms with Crippen LogP contribution in [0.25, 0.3) is 0 Å². The second-order valence-corrected chi connectivity index (χ2v) is 6.41. The van der Waals surface area contributed by atoms with Gasteiger partial charge in [0.15, 0.2) is 0 Å². The Bertz CT molecular complexity index is 641. The number of esters is 2. The molecule has 9 heteroatoms. The van der Waals surface area contributed by atoms with Gasteiger partial charge in [-0.3, -0.25) is 14.1 Å². The van der Waals surface area contributed by atoms with Crippen molar-refractivity contribution in [2.45, 2.75) is 44.6 Å². The number of aryl methyl sites for hydroxylation is 1. The van der Waals surface area contributed by atoms with E-state index in [1.807, 2.05) is 6.92 Å². The minimum absolute atomic E-state index is 0.0666. The Labute approximate surface area is 148 Å². The van der Waals surface area contributed by atoms with Crippen LogP contribution in [0.15, 0.2) is 29.2 Å². The van der Waals surface area contributed by atoms with Crippen LogP contribution in [0.2, 0.25) is 0 Å². The van der Waals surface area contributed by atoms with Gasteiger partial charge in [0, 0.05) is 6.42 Å². The molecule has 0 bridgehead atoms. The molecule has 0 saturated heterocycles. The summed E-state index contributed by atoms with van der Waals surface area (Å²) in [7, 11) is -4.02. The highest BCUT2D eigenvalue weighted by Gasteiger charge is 2.16. The summed E-state index contributed by atoms with van der Waals surface area (Å²) in [4.78, 5) is 21.8. The predicted octanol–water partition coefficient (Wildman–Crippen LogP) is 1.46. The Morgan fingerprint density at radius 1 is 1.12 bits per heavy atom. The van der Waals surface area contributed by atoms with Gasteiger partial charge in [-0.15, -0.1) is 0 Å². The first-order valence-electron chi connectivity index (χ1n) is 7.73. The van der Waals surface area contributed by atoms with E-state index in [4.69, 9.17) is 10.3 Å². The van der Waals surface area contributed by atoms with Crippen molar-refractivity contribution in [3.63, 3.8) is 0 Å². The van der Waals surface area contributed by atoms with Crippen molar-refractivity contribution in [3.8, 4) is 0 Å². The molecule has 0 heterocycles. The maximum Gasteiger partial charge on any atom is 0.322 e. The molecule has 1 aromatic carbocycles. The maximum atomic E-state index is 11.0. The Morgan fingerprint density at radius 2 is 1.64 bits per heavy atom. The maximum absolute atomic E-state index is 11.0. The van der Waals surface area contributed by atoms with E-state index in [1.165, 1.54) is 12.1 Å². The zero-order chi connectivity index (χ0) is 19.5. The number of nitrogens with two attached hydrogens (primary N) is 1. The topological polar surface area (TPSA) is 133 Å². The van der Waals surface area contributed by atoms with Crippen molar-refractivity contribution in [2.75, 3.05) is 13.2 Å². The van der Waals surface area contributed by atoms with Gasteiger partial charge in [0.25, 0.3) is 10.1 Å². The lowest BCUT2D eigenvalue weighted by molar-refractivity contribution is -0.146. The lowest BCUT2D eigenvalue weighted by Crippen LogP contribution is -2.32. The van der Waals surface area contributed by atoms with Gasteiger partial charge >= 0.3 is 11.9 Å². The fourth-order valence-electron chi connectivity index (χ4n) is 1.58. The fraction of sp³-hybridized carbons (Fsp3) is 0.500. The van der Waals surface area contributed by atoms with Crippen LogP contribution >= 0.6 is 0 Å². The summed E-state index contributed by atoms with van der Waals surface area (Å²) < 4.78 is 38.9. The third-order valence-corrected chi connectivity index (χ3v) is 3.74. The molecule has 1 aromatic rings. The highest BCUT2D eigenvalue weighted by atomic mass is 32.2. The third kappa shape index (κ3) is 10.5. The summed E-state index contributed by atoms with van der Waals surface area (Å²) in [6, 6.07) is 5.25. The first-order valence-corrected chi connectivity index (χ1v) is 9.17. The van der Waals surface area contributed by atoms with Gasteiger partial charge in [-0.05, 0) is 39.3 Å². The number of carbonyl (C=O) groups is 2. The molecule has 0 fully saturated rings. The number of benzene rings is 1. The first-order chi connectivity index (χ1) is 11.6. The molecule has 0 aliphatic heterocycles. The Morgan fingerprint density at radius 3 is 2.08 bits per heavy atom. The molecule has 142 valence electrons. The number of hydrogen-bond acceptors (Lipinski definition) is 7. The van der Waals surface area contributed by atoms with Crippen LogP contribution in [-0.2, 0) is 29.2 Å². The monoisotopic (exact) mass is 375 g/mol. The Kier molecular flexibility index (Phi) is 10.7. The van der Waals surface area contributed by atoms with E-state index < -0.39 is 22.1 Å². The second-order valence-electron chi connectivity index (χ2n) is 4.99. The van der Waals surface area contributed by atoms with Gasteiger partial charge in [0.1, 0.15) is 6.04 Å². The summed E-state index contributed by atoms with van der Waals surface area (Å²) in [5.41, 5.74) is 6.42. The van der Waals surface area contributed by atoms with Gasteiger partial charge in [-0.1, -0.05) is 17.7 Å². The van der Waals surface area contributed by atoms with Gasteiger partial charge in [-0.2, -0.15) is 8.42 Å². The van der Waals surface area contributed by atoms with E-state index in [0.717, 1.165) is 5.56 Å². The quantitative estimate of drug-likeness (QED) is 0.540. The molecule has 1 rings (SSSR count). The van der Waals surface area contributed by atoms with Crippen molar-refractivity contribution >= 4 is 22.1 Å². The van der Waals surface area contributed by atoms with E-state index in [9.17, 15) is 18.0 Å².